The van der Waals surface area contributed by atoms with Crippen molar-refractivity contribution >= 4 is 28.4 Å². The van der Waals surface area contributed by atoms with Crippen LogP contribution in [0.25, 0.3) is 11.4 Å². The molecule has 2 aromatic heterocycles. The molecule has 0 aliphatic heterocycles. The zero-order valence-electron chi connectivity index (χ0n) is 12.8. The maximum absolute atomic E-state index is 5.34. The maximum atomic E-state index is 5.34. The van der Waals surface area contributed by atoms with Crippen LogP contribution in [0.1, 0.15) is 39.0 Å². The van der Waals surface area contributed by atoms with Gasteiger partial charge in [0.15, 0.2) is 5.96 Å². The number of imidazole rings is 1. The van der Waals surface area contributed by atoms with Gasteiger partial charge in [0.1, 0.15) is 5.69 Å². The standard InChI is InChI=1S/C14H23N7S/c1-2-3-4-5-6-7-17-13-18-8-10(19-13)11-9-22-14(20-11)21-12(15)16/h8-9H,2-7H2,1H3,(H2,17,18,19)(H4,15,16,20,21). The molecule has 6 N–H and O–H groups in total. The van der Waals surface area contributed by atoms with Crippen molar-refractivity contribution in [3.63, 3.8) is 0 Å². The number of aromatic nitrogens is 3. The third-order valence-electron chi connectivity index (χ3n) is 3.14. The second kappa shape index (κ2) is 8.38. The fourth-order valence-corrected chi connectivity index (χ4v) is 2.73. The van der Waals surface area contributed by atoms with E-state index in [0.29, 0.717) is 5.13 Å². The van der Waals surface area contributed by atoms with Crippen molar-refractivity contribution in [3.8, 4) is 11.4 Å². The van der Waals surface area contributed by atoms with Gasteiger partial charge in [-0.05, 0) is 6.42 Å². The third-order valence-corrected chi connectivity index (χ3v) is 3.88. The molecule has 0 atom stereocenters. The highest BCUT2D eigenvalue weighted by molar-refractivity contribution is 7.13. The molecule has 2 rings (SSSR count). The fourth-order valence-electron chi connectivity index (χ4n) is 2.03. The quantitative estimate of drug-likeness (QED) is 0.322. The Labute approximate surface area is 134 Å². The van der Waals surface area contributed by atoms with E-state index in [-0.39, 0.29) is 5.96 Å². The van der Waals surface area contributed by atoms with E-state index in [4.69, 9.17) is 11.5 Å². The normalized spacial score (nSPS) is 10.6. The van der Waals surface area contributed by atoms with Crippen LogP contribution in [0.5, 0.6) is 0 Å². The number of unbranched alkanes of at least 4 members (excludes halogenated alkanes) is 4. The Hall–Kier alpha value is -2.09. The number of nitrogens with zero attached hydrogens (tertiary/aromatic N) is 3. The number of thiazole rings is 1. The first kappa shape index (κ1) is 16.3. The molecular formula is C14H23N7S. The van der Waals surface area contributed by atoms with E-state index in [2.05, 4.69) is 32.2 Å². The average molecular weight is 321 g/mol. The molecule has 22 heavy (non-hydrogen) atoms. The Morgan fingerprint density at radius 3 is 2.91 bits per heavy atom. The predicted molar refractivity (Wildman–Crippen MR) is 92.4 cm³/mol. The number of nitrogens with two attached hydrogens (primary N) is 2. The first-order valence-electron chi connectivity index (χ1n) is 7.53. The minimum Gasteiger partial charge on any atom is -0.370 e. The van der Waals surface area contributed by atoms with Crippen molar-refractivity contribution in [2.24, 2.45) is 16.5 Å². The third kappa shape index (κ3) is 5.03. The fraction of sp³-hybridized carbons (Fsp3) is 0.500. The highest BCUT2D eigenvalue weighted by Gasteiger charge is 2.07. The minimum absolute atomic E-state index is 0.0101. The van der Waals surface area contributed by atoms with Crippen LogP contribution in [0.4, 0.5) is 11.1 Å². The number of H-pyrrole nitrogens is 1. The smallest absolute Gasteiger partial charge is 0.212 e. The van der Waals surface area contributed by atoms with Crippen molar-refractivity contribution in [1.82, 2.24) is 15.0 Å². The Kier molecular flexibility index (Phi) is 6.20. The summed E-state index contributed by atoms with van der Waals surface area (Å²) >= 11 is 1.38. The summed E-state index contributed by atoms with van der Waals surface area (Å²) in [5.41, 5.74) is 12.3. The molecule has 7 nitrogen and oxygen atoms in total. The second-order valence-corrected chi connectivity index (χ2v) is 5.88. The molecule has 0 aliphatic rings. The molecule has 8 heteroatoms. The molecule has 0 amide bonds. The van der Waals surface area contributed by atoms with Crippen molar-refractivity contribution < 1.29 is 0 Å². The monoisotopic (exact) mass is 321 g/mol. The Morgan fingerprint density at radius 1 is 1.32 bits per heavy atom. The molecule has 0 bridgehead atoms. The number of nitrogens with one attached hydrogen (secondary N) is 2. The summed E-state index contributed by atoms with van der Waals surface area (Å²) in [6.07, 6.45) is 8.04. The van der Waals surface area contributed by atoms with Gasteiger partial charge in [0.2, 0.25) is 11.1 Å². The Morgan fingerprint density at radius 2 is 2.14 bits per heavy atom. The Bertz CT molecular complexity index is 598. The molecule has 2 heterocycles. The van der Waals surface area contributed by atoms with E-state index in [9.17, 15) is 0 Å². The molecular weight excluding hydrogens is 298 g/mol. The number of guanidine groups is 1. The van der Waals surface area contributed by atoms with Gasteiger partial charge in [-0.2, -0.15) is 4.99 Å². The molecule has 0 spiro atoms. The van der Waals surface area contributed by atoms with Crippen molar-refractivity contribution in [2.45, 2.75) is 39.0 Å². The average Bonchev–Trinajstić information content (AvgIpc) is 3.11. The van der Waals surface area contributed by atoms with Crippen molar-refractivity contribution in [1.29, 1.82) is 0 Å². The van der Waals surface area contributed by atoms with E-state index < -0.39 is 0 Å². The summed E-state index contributed by atoms with van der Waals surface area (Å²) in [4.78, 5) is 15.8. The lowest BCUT2D eigenvalue weighted by Crippen LogP contribution is -2.21. The number of anilines is 1. The topological polar surface area (TPSA) is 118 Å². The number of aliphatic imine (C=N–C) groups is 1. The van der Waals surface area contributed by atoms with Crippen LogP contribution in [0.15, 0.2) is 16.6 Å². The summed E-state index contributed by atoms with van der Waals surface area (Å²) in [6, 6.07) is 0. The van der Waals surface area contributed by atoms with Gasteiger partial charge in [0.05, 0.1) is 11.9 Å². The van der Waals surface area contributed by atoms with Gasteiger partial charge in [-0.1, -0.05) is 32.6 Å². The SMILES string of the molecule is CCCCCCCNc1ncc(-c2csc(N=C(N)N)n2)[nH]1. The van der Waals surface area contributed by atoms with E-state index >= 15 is 0 Å². The summed E-state index contributed by atoms with van der Waals surface area (Å²) in [6.45, 7) is 3.15. The number of rotatable bonds is 9. The molecule has 0 saturated heterocycles. The van der Waals surface area contributed by atoms with Crippen molar-refractivity contribution in [2.75, 3.05) is 11.9 Å². The molecule has 2 aromatic rings. The molecule has 0 unspecified atom stereocenters. The van der Waals surface area contributed by atoms with E-state index in [1.165, 1.54) is 37.0 Å². The van der Waals surface area contributed by atoms with Crippen LogP contribution in [-0.4, -0.2) is 27.5 Å². The second-order valence-electron chi connectivity index (χ2n) is 5.04. The van der Waals surface area contributed by atoms with Crippen LogP contribution < -0.4 is 16.8 Å². The van der Waals surface area contributed by atoms with E-state index in [0.717, 1.165) is 30.3 Å². The van der Waals surface area contributed by atoms with E-state index in [1.807, 2.05) is 5.38 Å². The number of hydrogen-bond donors (Lipinski definition) is 4. The maximum Gasteiger partial charge on any atom is 0.212 e. The van der Waals surface area contributed by atoms with Gasteiger partial charge in [0.25, 0.3) is 0 Å². The van der Waals surface area contributed by atoms with Gasteiger partial charge >= 0.3 is 0 Å². The predicted octanol–water partition coefficient (Wildman–Crippen LogP) is 2.82. The van der Waals surface area contributed by atoms with Crippen LogP contribution in [-0.2, 0) is 0 Å². The Balaban J connectivity index is 1.83. The molecule has 120 valence electrons. The zero-order valence-corrected chi connectivity index (χ0v) is 13.6. The van der Waals surface area contributed by atoms with E-state index in [1.54, 1.807) is 6.20 Å². The van der Waals surface area contributed by atoms with Crippen LogP contribution in [0, 0.1) is 0 Å². The lowest BCUT2D eigenvalue weighted by Gasteiger charge is -2.02. The number of aromatic amines is 1. The lowest BCUT2D eigenvalue weighted by molar-refractivity contribution is 0.644. The highest BCUT2D eigenvalue weighted by atomic mass is 32.1. The largest absolute Gasteiger partial charge is 0.370 e. The summed E-state index contributed by atoms with van der Waals surface area (Å²) in [7, 11) is 0. The van der Waals surface area contributed by atoms with Gasteiger partial charge in [-0.25, -0.2) is 9.97 Å². The summed E-state index contributed by atoms with van der Waals surface area (Å²) < 4.78 is 0. The summed E-state index contributed by atoms with van der Waals surface area (Å²) in [5, 5.41) is 5.72. The molecule has 0 saturated carbocycles. The molecule has 0 radical (unpaired) electrons. The first-order chi connectivity index (χ1) is 10.7. The zero-order chi connectivity index (χ0) is 15.8. The molecule has 0 fully saturated rings. The summed E-state index contributed by atoms with van der Waals surface area (Å²) in [5.74, 6) is 0.776. The molecule has 0 aromatic carbocycles. The number of hydrogen-bond acceptors (Lipinski definition) is 5. The highest BCUT2D eigenvalue weighted by Crippen LogP contribution is 2.25. The van der Waals surface area contributed by atoms with Crippen LogP contribution in [0.3, 0.4) is 0 Å². The van der Waals surface area contributed by atoms with Gasteiger partial charge in [-0.15, -0.1) is 11.3 Å². The van der Waals surface area contributed by atoms with Crippen molar-refractivity contribution in [3.05, 3.63) is 11.6 Å². The molecule has 0 aliphatic carbocycles. The van der Waals surface area contributed by atoms with Gasteiger partial charge in [-0.3, -0.25) is 0 Å². The first-order valence-corrected chi connectivity index (χ1v) is 8.41. The van der Waals surface area contributed by atoms with Gasteiger partial charge in [0, 0.05) is 11.9 Å². The van der Waals surface area contributed by atoms with Crippen LogP contribution in [0.2, 0.25) is 0 Å². The van der Waals surface area contributed by atoms with Crippen LogP contribution >= 0.6 is 11.3 Å². The minimum atomic E-state index is 0.0101. The van der Waals surface area contributed by atoms with Gasteiger partial charge < -0.3 is 21.8 Å². The lowest BCUT2D eigenvalue weighted by atomic mass is 10.1.